The summed E-state index contributed by atoms with van der Waals surface area (Å²) in [6, 6.07) is 4.77. The van der Waals surface area contributed by atoms with Crippen molar-refractivity contribution in [1.82, 2.24) is 0 Å². The first-order chi connectivity index (χ1) is 11.3. The first-order valence-electron chi connectivity index (χ1n) is 9.10. The van der Waals surface area contributed by atoms with Gasteiger partial charge in [0, 0.05) is 9.75 Å². The van der Waals surface area contributed by atoms with Crippen molar-refractivity contribution in [1.29, 1.82) is 0 Å². The van der Waals surface area contributed by atoms with Crippen LogP contribution in [-0.2, 0) is 12.8 Å². The molecule has 0 nitrogen and oxygen atoms in total. The highest BCUT2D eigenvalue weighted by atomic mass is 32.1. The van der Waals surface area contributed by atoms with Crippen molar-refractivity contribution in [2.75, 3.05) is 5.75 Å². The summed E-state index contributed by atoms with van der Waals surface area (Å²) in [7, 11) is 0. The molecule has 2 aromatic rings. The van der Waals surface area contributed by atoms with E-state index < -0.39 is 0 Å². The Kier molecular flexibility index (Phi) is 9.40. The van der Waals surface area contributed by atoms with E-state index in [-0.39, 0.29) is 0 Å². The fourth-order valence-corrected chi connectivity index (χ4v) is 5.21. The minimum atomic E-state index is 1.03. The first kappa shape index (κ1) is 19.1. The Labute approximate surface area is 155 Å². The van der Waals surface area contributed by atoms with E-state index in [0.717, 1.165) is 5.75 Å². The molecule has 0 fully saturated rings. The molecule has 23 heavy (non-hydrogen) atoms. The van der Waals surface area contributed by atoms with Crippen molar-refractivity contribution in [3.63, 3.8) is 0 Å². The summed E-state index contributed by atoms with van der Waals surface area (Å²) >= 11 is 8.14. The number of thiophene rings is 2. The number of hydrogen-bond donors (Lipinski definition) is 1. The number of hydrogen-bond acceptors (Lipinski definition) is 3. The van der Waals surface area contributed by atoms with Crippen LogP contribution in [0.5, 0.6) is 0 Å². The monoisotopic (exact) mass is 366 g/mol. The van der Waals surface area contributed by atoms with Crippen molar-refractivity contribution in [2.24, 2.45) is 0 Å². The Balaban J connectivity index is 1.84. The molecule has 0 spiro atoms. The van der Waals surface area contributed by atoms with Gasteiger partial charge in [-0.25, -0.2) is 0 Å². The lowest BCUT2D eigenvalue weighted by Gasteiger charge is -2.02. The van der Waals surface area contributed by atoms with Crippen LogP contribution >= 0.6 is 35.3 Å². The number of aryl methyl sites for hydroxylation is 2. The molecular weight excluding hydrogens is 336 g/mol. The summed E-state index contributed by atoms with van der Waals surface area (Å²) in [5, 5.41) is 4.64. The smallest absolute Gasteiger partial charge is 0.0474 e. The van der Waals surface area contributed by atoms with Gasteiger partial charge in [-0.05, 0) is 71.9 Å². The van der Waals surface area contributed by atoms with Crippen LogP contribution in [0.1, 0.15) is 69.4 Å². The molecule has 2 heterocycles. The van der Waals surface area contributed by atoms with Gasteiger partial charge in [0.05, 0.1) is 0 Å². The quantitative estimate of drug-likeness (QED) is 0.290. The third-order valence-electron chi connectivity index (χ3n) is 4.30. The van der Waals surface area contributed by atoms with Gasteiger partial charge in [-0.3, -0.25) is 0 Å². The molecule has 0 aliphatic rings. The van der Waals surface area contributed by atoms with E-state index in [1.807, 2.05) is 22.7 Å². The van der Waals surface area contributed by atoms with Gasteiger partial charge >= 0.3 is 0 Å². The Bertz CT molecular complexity index is 539. The number of thiol groups is 1. The van der Waals surface area contributed by atoms with Crippen LogP contribution in [0, 0.1) is 0 Å². The fraction of sp³-hybridized carbons (Fsp3) is 0.600. The molecule has 0 N–H and O–H groups in total. The van der Waals surface area contributed by atoms with Crippen molar-refractivity contribution in [3.8, 4) is 9.75 Å². The van der Waals surface area contributed by atoms with Crippen LogP contribution in [0.4, 0.5) is 0 Å². The van der Waals surface area contributed by atoms with E-state index in [2.05, 4.69) is 42.4 Å². The summed E-state index contributed by atoms with van der Waals surface area (Å²) in [5.41, 5.74) is 3.09. The van der Waals surface area contributed by atoms with E-state index >= 15 is 0 Å². The second-order valence-electron chi connectivity index (χ2n) is 6.29. The van der Waals surface area contributed by atoms with Crippen LogP contribution in [0.25, 0.3) is 9.75 Å². The number of rotatable bonds is 12. The lowest BCUT2D eigenvalue weighted by atomic mass is 10.1. The maximum absolute atomic E-state index is 4.29. The summed E-state index contributed by atoms with van der Waals surface area (Å²) in [5.74, 6) is 1.03. The van der Waals surface area contributed by atoms with E-state index in [4.69, 9.17) is 0 Å². The topological polar surface area (TPSA) is 0 Å². The molecule has 0 saturated carbocycles. The molecule has 0 aliphatic carbocycles. The molecule has 0 radical (unpaired) electrons. The minimum absolute atomic E-state index is 1.03. The van der Waals surface area contributed by atoms with Gasteiger partial charge in [0.2, 0.25) is 0 Å². The minimum Gasteiger partial charge on any atom is -0.179 e. The lowest BCUT2D eigenvalue weighted by Crippen LogP contribution is -1.86. The van der Waals surface area contributed by atoms with Gasteiger partial charge in [-0.2, -0.15) is 12.6 Å². The molecule has 128 valence electrons. The van der Waals surface area contributed by atoms with Crippen molar-refractivity contribution >= 4 is 35.3 Å². The highest BCUT2D eigenvalue weighted by Crippen LogP contribution is 2.35. The summed E-state index contributed by atoms with van der Waals surface area (Å²) in [6.45, 7) is 2.28. The van der Waals surface area contributed by atoms with Gasteiger partial charge in [-0.15, -0.1) is 22.7 Å². The third kappa shape index (κ3) is 6.64. The highest BCUT2D eigenvalue weighted by molar-refractivity contribution is 7.80. The zero-order chi connectivity index (χ0) is 16.3. The Morgan fingerprint density at radius 2 is 1.70 bits per heavy atom. The molecule has 0 aliphatic heterocycles. The van der Waals surface area contributed by atoms with Crippen LogP contribution in [0.2, 0.25) is 0 Å². The summed E-state index contributed by atoms with van der Waals surface area (Å²) in [6.07, 6.45) is 13.1. The van der Waals surface area contributed by atoms with E-state index in [1.165, 1.54) is 79.5 Å². The van der Waals surface area contributed by atoms with Crippen molar-refractivity contribution in [2.45, 2.75) is 71.1 Å². The molecule has 0 unspecified atom stereocenters. The Morgan fingerprint density at radius 1 is 0.913 bits per heavy atom. The molecule has 0 saturated heterocycles. The highest BCUT2D eigenvalue weighted by Gasteiger charge is 2.09. The van der Waals surface area contributed by atoms with Gasteiger partial charge in [0.25, 0.3) is 0 Å². The molecule has 0 bridgehead atoms. The van der Waals surface area contributed by atoms with Crippen LogP contribution in [-0.4, -0.2) is 5.75 Å². The van der Waals surface area contributed by atoms with Gasteiger partial charge in [-0.1, -0.05) is 39.0 Å². The SMILES string of the molecule is CCCCCCc1csc(-c2sccc2CCCCCCS)c1. The predicted molar refractivity (Wildman–Crippen MR) is 112 cm³/mol. The van der Waals surface area contributed by atoms with Crippen LogP contribution < -0.4 is 0 Å². The van der Waals surface area contributed by atoms with E-state index in [1.54, 1.807) is 5.56 Å². The molecule has 0 atom stereocenters. The molecular formula is C20H30S3. The third-order valence-corrected chi connectivity index (χ3v) is 6.73. The standard InChI is InChI=1S/C20H30S3/c1-2-3-4-7-10-17-15-19(23-16-17)20-18(12-14-22-20)11-8-5-6-9-13-21/h12,14-16,21H,2-11,13H2,1H3. The zero-order valence-corrected chi connectivity index (χ0v) is 16.9. The molecule has 3 heteroatoms. The zero-order valence-electron chi connectivity index (χ0n) is 14.4. The average Bonchev–Trinajstić information content (AvgIpc) is 3.20. The maximum atomic E-state index is 4.29. The van der Waals surface area contributed by atoms with Crippen LogP contribution in [0.15, 0.2) is 22.9 Å². The van der Waals surface area contributed by atoms with E-state index in [9.17, 15) is 0 Å². The first-order valence-corrected chi connectivity index (χ1v) is 11.5. The maximum Gasteiger partial charge on any atom is 0.0474 e. The fourth-order valence-electron chi connectivity index (χ4n) is 2.91. The Morgan fingerprint density at radius 3 is 2.52 bits per heavy atom. The van der Waals surface area contributed by atoms with Gasteiger partial charge in [0.15, 0.2) is 0 Å². The second kappa shape index (κ2) is 11.3. The number of unbranched alkanes of at least 4 members (excludes halogenated alkanes) is 6. The van der Waals surface area contributed by atoms with Gasteiger partial charge in [0.1, 0.15) is 0 Å². The summed E-state index contributed by atoms with van der Waals surface area (Å²) < 4.78 is 0. The molecule has 0 amide bonds. The average molecular weight is 367 g/mol. The molecule has 2 aromatic heterocycles. The molecule has 2 rings (SSSR count). The second-order valence-corrected chi connectivity index (χ2v) is 8.57. The summed E-state index contributed by atoms with van der Waals surface area (Å²) in [4.78, 5) is 3.00. The Hall–Kier alpha value is -0.250. The van der Waals surface area contributed by atoms with Crippen LogP contribution in [0.3, 0.4) is 0 Å². The molecule has 0 aromatic carbocycles. The van der Waals surface area contributed by atoms with E-state index in [0.29, 0.717) is 0 Å². The predicted octanol–water partition coefficient (Wildman–Crippen LogP) is 7.63. The normalized spacial score (nSPS) is 11.2. The largest absolute Gasteiger partial charge is 0.179 e. The lowest BCUT2D eigenvalue weighted by molar-refractivity contribution is 0.667. The van der Waals surface area contributed by atoms with Crippen molar-refractivity contribution < 1.29 is 0 Å². The van der Waals surface area contributed by atoms with Crippen molar-refractivity contribution in [3.05, 3.63) is 34.0 Å². The van der Waals surface area contributed by atoms with Gasteiger partial charge < -0.3 is 0 Å².